The third-order valence-electron chi connectivity index (χ3n) is 3.25. The highest BCUT2D eigenvalue weighted by Crippen LogP contribution is 2.18. The van der Waals surface area contributed by atoms with E-state index in [9.17, 15) is 0 Å². The Morgan fingerprint density at radius 3 is 2.74 bits per heavy atom. The number of aryl methyl sites for hydroxylation is 1. The first-order chi connectivity index (χ1) is 11.2. The summed E-state index contributed by atoms with van der Waals surface area (Å²) >= 11 is 0. The Bertz CT molecular complexity index is 620. The summed E-state index contributed by atoms with van der Waals surface area (Å²) in [4.78, 5) is 8.65. The molecule has 0 saturated carbocycles. The van der Waals surface area contributed by atoms with Crippen LogP contribution in [0.15, 0.2) is 39.9 Å². The molecule has 124 valence electrons. The lowest BCUT2D eigenvalue weighted by molar-refractivity contribution is 0.152. The zero-order valence-electron chi connectivity index (χ0n) is 13.9. The third kappa shape index (κ3) is 5.41. The molecular weight excluding hydrogens is 292 g/mol. The summed E-state index contributed by atoms with van der Waals surface area (Å²) in [6.07, 6.45) is 1.66. The number of aliphatic imine (C=N–C) groups is 1. The SMILES string of the molecule is CCOCCNC(=NC)NCc1coc(-c2ccc(C)cc2)n1. The molecule has 2 rings (SSSR count). The molecule has 0 spiro atoms. The average Bonchev–Trinajstić information content (AvgIpc) is 3.04. The van der Waals surface area contributed by atoms with Crippen LogP contribution in [-0.4, -0.2) is 37.7 Å². The topological polar surface area (TPSA) is 71.7 Å². The fraction of sp³-hybridized carbons (Fsp3) is 0.412. The van der Waals surface area contributed by atoms with Gasteiger partial charge in [-0.1, -0.05) is 17.7 Å². The van der Waals surface area contributed by atoms with E-state index in [0.29, 0.717) is 38.2 Å². The second-order valence-electron chi connectivity index (χ2n) is 5.06. The summed E-state index contributed by atoms with van der Waals surface area (Å²) in [5, 5.41) is 6.37. The second-order valence-corrected chi connectivity index (χ2v) is 5.06. The average molecular weight is 316 g/mol. The van der Waals surface area contributed by atoms with E-state index in [1.807, 2.05) is 31.2 Å². The number of hydrogen-bond acceptors (Lipinski definition) is 4. The van der Waals surface area contributed by atoms with Gasteiger partial charge in [-0.2, -0.15) is 0 Å². The Hall–Kier alpha value is -2.34. The van der Waals surface area contributed by atoms with Crippen molar-refractivity contribution in [1.82, 2.24) is 15.6 Å². The van der Waals surface area contributed by atoms with Crippen LogP contribution in [0, 0.1) is 6.92 Å². The number of nitrogens with zero attached hydrogens (tertiary/aromatic N) is 2. The van der Waals surface area contributed by atoms with Crippen molar-refractivity contribution in [3.8, 4) is 11.5 Å². The van der Waals surface area contributed by atoms with Crippen LogP contribution in [0.25, 0.3) is 11.5 Å². The van der Waals surface area contributed by atoms with Gasteiger partial charge < -0.3 is 19.8 Å². The van der Waals surface area contributed by atoms with Gasteiger partial charge in [-0.15, -0.1) is 0 Å². The Morgan fingerprint density at radius 2 is 2.04 bits per heavy atom. The van der Waals surface area contributed by atoms with Crippen LogP contribution < -0.4 is 10.6 Å². The van der Waals surface area contributed by atoms with Gasteiger partial charge in [0, 0.05) is 25.8 Å². The molecule has 0 fully saturated rings. The number of aromatic nitrogens is 1. The van der Waals surface area contributed by atoms with Gasteiger partial charge in [-0.3, -0.25) is 4.99 Å². The summed E-state index contributed by atoms with van der Waals surface area (Å²) < 4.78 is 10.8. The van der Waals surface area contributed by atoms with E-state index in [1.165, 1.54) is 5.56 Å². The lowest BCUT2D eigenvalue weighted by atomic mass is 10.1. The Balaban J connectivity index is 1.85. The Kier molecular flexibility index (Phi) is 6.62. The fourth-order valence-corrected chi connectivity index (χ4v) is 2.00. The summed E-state index contributed by atoms with van der Waals surface area (Å²) in [5.74, 6) is 1.34. The normalized spacial score (nSPS) is 11.5. The molecule has 0 aliphatic rings. The predicted octanol–water partition coefficient (Wildman–Crippen LogP) is 2.35. The molecule has 23 heavy (non-hydrogen) atoms. The predicted molar refractivity (Wildman–Crippen MR) is 91.4 cm³/mol. The maximum absolute atomic E-state index is 5.54. The van der Waals surface area contributed by atoms with Crippen LogP contribution in [0.2, 0.25) is 0 Å². The number of nitrogens with one attached hydrogen (secondary N) is 2. The monoisotopic (exact) mass is 316 g/mol. The molecule has 6 nitrogen and oxygen atoms in total. The molecule has 0 bridgehead atoms. The third-order valence-corrected chi connectivity index (χ3v) is 3.25. The van der Waals surface area contributed by atoms with Gasteiger partial charge in [-0.25, -0.2) is 4.98 Å². The molecule has 0 atom stereocenters. The van der Waals surface area contributed by atoms with Crippen molar-refractivity contribution < 1.29 is 9.15 Å². The molecular formula is C17H24N4O2. The number of oxazole rings is 1. The molecule has 1 heterocycles. The van der Waals surface area contributed by atoms with Crippen molar-refractivity contribution in [1.29, 1.82) is 0 Å². The number of guanidine groups is 1. The fourth-order valence-electron chi connectivity index (χ4n) is 2.00. The van der Waals surface area contributed by atoms with Crippen molar-refractivity contribution in [2.75, 3.05) is 26.8 Å². The van der Waals surface area contributed by atoms with Crippen LogP contribution in [0.5, 0.6) is 0 Å². The van der Waals surface area contributed by atoms with Crippen molar-refractivity contribution in [2.24, 2.45) is 4.99 Å². The lowest BCUT2D eigenvalue weighted by Gasteiger charge is -2.10. The first-order valence-electron chi connectivity index (χ1n) is 7.76. The van der Waals surface area contributed by atoms with E-state index >= 15 is 0 Å². The minimum absolute atomic E-state index is 0.545. The molecule has 2 N–H and O–H groups in total. The van der Waals surface area contributed by atoms with Crippen LogP contribution in [-0.2, 0) is 11.3 Å². The minimum Gasteiger partial charge on any atom is -0.444 e. The minimum atomic E-state index is 0.545. The highest BCUT2D eigenvalue weighted by molar-refractivity contribution is 5.79. The molecule has 0 unspecified atom stereocenters. The molecule has 2 aromatic rings. The summed E-state index contributed by atoms with van der Waals surface area (Å²) in [6.45, 7) is 6.65. The first-order valence-corrected chi connectivity index (χ1v) is 7.76. The molecule has 1 aromatic carbocycles. The number of hydrogen-bond donors (Lipinski definition) is 2. The van der Waals surface area contributed by atoms with Gasteiger partial charge in [0.2, 0.25) is 5.89 Å². The van der Waals surface area contributed by atoms with Crippen molar-refractivity contribution in [3.05, 3.63) is 41.8 Å². The van der Waals surface area contributed by atoms with E-state index in [1.54, 1.807) is 13.3 Å². The number of benzene rings is 1. The van der Waals surface area contributed by atoms with Crippen LogP contribution in [0.4, 0.5) is 0 Å². The van der Waals surface area contributed by atoms with Crippen LogP contribution in [0.1, 0.15) is 18.2 Å². The lowest BCUT2D eigenvalue weighted by Crippen LogP contribution is -2.38. The molecule has 0 aliphatic carbocycles. The molecule has 1 aromatic heterocycles. The largest absolute Gasteiger partial charge is 0.444 e. The van der Waals surface area contributed by atoms with Crippen LogP contribution >= 0.6 is 0 Å². The van der Waals surface area contributed by atoms with Gasteiger partial charge in [-0.05, 0) is 26.0 Å². The van der Waals surface area contributed by atoms with Crippen molar-refractivity contribution in [2.45, 2.75) is 20.4 Å². The van der Waals surface area contributed by atoms with Gasteiger partial charge in [0.15, 0.2) is 5.96 Å². The molecule has 0 radical (unpaired) electrons. The summed E-state index contributed by atoms with van der Waals surface area (Å²) in [6, 6.07) is 8.10. The Morgan fingerprint density at radius 1 is 1.26 bits per heavy atom. The standard InChI is InChI=1S/C17H24N4O2/c1-4-22-10-9-19-17(18-3)20-11-15-12-23-16(21-15)14-7-5-13(2)6-8-14/h5-8,12H,4,9-11H2,1-3H3,(H2,18,19,20). The first kappa shape index (κ1) is 17.0. The highest BCUT2D eigenvalue weighted by atomic mass is 16.5. The summed E-state index contributed by atoms with van der Waals surface area (Å²) in [5.41, 5.74) is 3.01. The smallest absolute Gasteiger partial charge is 0.226 e. The van der Waals surface area contributed by atoms with Gasteiger partial charge >= 0.3 is 0 Å². The second kappa shape index (κ2) is 8.95. The van der Waals surface area contributed by atoms with E-state index in [2.05, 4.69) is 27.5 Å². The Labute approximate surface area is 137 Å². The van der Waals surface area contributed by atoms with E-state index < -0.39 is 0 Å². The number of ether oxygens (including phenoxy) is 1. The molecule has 0 aliphatic heterocycles. The maximum Gasteiger partial charge on any atom is 0.226 e. The molecule has 0 amide bonds. The van der Waals surface area contributed by atoms with Gasteiger partial charge in [0.25, 0.3) is 0 Å². The van der Waals surface area contributed by atoms with Crippen molar-refractivity contribution >= 4 is 5.96 Å². The quantitative estimate of drug-likeness (QED) is 0.466. The zero-order valence-corrected chi connectivity index (χ0v) is 13.9. The highest BCUT2D eigenvalue weighted by Gasteiger charge is 2.07. The van der Waals surface area contributed by atoms with Crippen LogP contribution in [0.3, 0.4) is 0 Å². The van der Waals surface area contributed by atoms with E-state index in [0.717, 1.165) is 11.3 Å². The van der Waals surface area contributed by atoms with E-state index in [-0.39, 0.29) is 0 Å². The van der Waals surface area contributed by atoms with E-state index in [4.69, 9.17) is 9.15 Å². The zero-order chi connectivity index (χ0) is 16.5. The van der Waals surface area contributed by atoms with Crippen molar-refractivity contribution in [3.63, 3.8) is 0 Å². The summed E-state index contributed by atoms with van der Waals surface area (Å²) in [7, 11) is 1.73. The number of rotatable bonds is 7. The molecule has 6 heteroatoms. The van der Waals surface area contributed by atoms with Gasteiger partial charge in [0.05, 0.1) is 18.8 Å². The maximum atomic E-state index is 5.54. The molecule has 0 saturated heterocycles. The van der Waals surface area contributed by atoms with Gasteiger partial charge in [0.1, 0.15) is 6.26 Å².